The number of rotatable bonds is 0. The summed E-state index contributed by atoms with van der Waals surface area (Å²) in [6.45, 7) is 0. The molecule has 0 N–H and O–H groups in total. The summed E-state index contributed by atoms with van der Waals surface area (Å²) < 4.78 is 3.10. The lowest BCUT2D eigenvalue weighted by atomic mass is 10.2. The van der Waals surface area contributed by atoms with Crippen LogP contribution in [0.2, 0.25) is 0 Å². The molecule has 2 heterocycles. The molecule has 114 valence electrons. The van der Waals surface area contributed by atoms with Crippen LogP contribution in [0.4, 0.5) is 0 Å². The normalized spacial score (nSPS) is 10.4. The molecule has 23 heavy (non-hydrogen) atoms. The lowest BCUT2D eigenvalue weighted by Crippen LogP contribution is -1.78. The maximum absolute atomic E-state index is 4.26. The van der Waals surface area contributed by atoms with Gasteiger partial charge in [0.25, 0.3) is 0 Å². The van der Waals surface area contributed by atoms with Gasteiger partial charge in [0.15, 0.2) is 0 Å². The van der Waals surface area contributed by atoms with Crippen LogP contribution < -0.4 is 0 Å². The molecule has 0 saturated carbocycles. The molecule has 4 rings (SSSR count). The molecule has 0 amide bonds. The molecule has 0 spiro atoms. The first-order valence-electron chi connectivity index (χ1n) is 6.83. The Hall–Kier alpha value is -1.30. The second kappa shape index (κ2) is 7.51. The number of benzene rings is 2. The molecule has 0 fully saturated rings. The molecule has 0 radical (unpaired) electrons. The highest BCUT2D eigenvalue weighted by atomic mass is 79.9. The van der Waals surface area contributed by atoms with E-state index in [0.717, 1.165) is 29.8 Å². The van der Waals surface area contributed by atoms with E-state index in [4.69, 9.17) is 0 Å². The number of nitrogens with zero attached hydrogens (tertiary/aromatic N) is 2. The van der Waals surface area contributed by atoms with E-state index in [9.17, 15) is 0 Å². The summed E-state index contributed by atoms with van der Waals surface area (Å²) in [5.41, 5.74) is 2.04. The van der Waals surface area contributed by atoms with E-state index in [1.807, 2.05) is 54.7 Å². The zero-order valence-corrected chi connectivity index (χ0v) is 16.6. The zero-order chi connectivity index (χ0) is 16.2. The van der Waals surface area contributed by atoms with Crippen LogP contribution >= 0.6 is 47.8 Å². The molecule has 4 aromatic rings. The number of hydrogen-bond donors (Lipinski definition) is 0. The van der Waals surface area contributed by atoms with Crippen LogP contribution in [0.1, 0.15) is 0 Å². The summed E-state index contributed by atoms with van der Waals surface area (Å²) in [6.07, 6.45) is 3.61. The average molecular weight is 495 g/mol. The van der Waals surface area contributed by atoms with Crippen molar-refractivity contribution in [2.45, 2.75) is 0 Å². The Kier molecular flexibility index (Phi) is 5.41. The third-order valence-corrected chi connectivity index (χ3v) is 4.76. The first-order chi connectivity index (χ1) is 11.1. The van der Waals surface area contributed by atoms with Gasteiger partial charge >= 0.3 is 0 Å². The first-order valence-corrected chi connectivity index (χ1v) is 9.21. The topological polar surface area (TPSA) is 25.8 Å². The zero-order valence-electron chi connectivity index (χ0n) is 11.9. The molecule has 0 saturated heterocycles. The molecule has 0 aliphatic heterocycles. The summed E-state index contributed by atoms with van der Waals surface area (Å²) in [7, 11) is 0. The van der Waals surface area contributed by atoms with Crippen molar-refractivity contribution >= 4 is 69.6 Å². The molecule has 0 aliphatic carbocycles. The van der Waals surface area contributed by atoms with Gasteiger partial charge in [-0.3, -0.25) is 9.97 Å². The monoisotopic (exact) mass is 492 g/mol. The van der Waals surface area contributed by atoms with Crippen LogP contribution in [-0.2, 0) is 0 Å². The quantitative estimate of drug-likeness (QED) is 0.270. The third-order valence-electron chi connectivity index (χ3n) is 3.20. The average Bonchev–Trinajstić information content (AvgIpc) is 2.56. The van der Waals surface area contributed by atoms with Crippen LogP contribution in [0.25, 0.3) is 21.8 Å². The van der Waals surface area contributed by atoms with Crippen LogP contribution in [-0.4, -0.2) is 9.97 Å². The smallest absolute Gasteiger partial charge is 0.0714 e. The Bertz CT molecular complexity index is 970. The minimum atomic E-state index is 1.00. The highest BCUT2D eigenvalue weighted by Gasteiger charge is 1.98. The van der Waals surface area contributed by atoms with Gasteiger partial charge in [-0.15, -0.1) is 0 Å². The summed E-state index contributed by atoms with van der Waals surface area (Å²) in [5.74, 6) is 0. The molecular formula is C18H11Br3N2. The fourth-order valence-electron chi connectivity index (χ4n) is 2.13. The Morgan fingerprint density at radius 1 is 0.652 bits per heavy atom. The summed E-state index contributed by atoms with van der Waals surface area (Å²) in [4.78, 5) is 8.50. The van der Waals surface area contributed by atoms with Crippen molar-refractivity contribution in [1.82, 2.24) is 9.97 Å². The van der Waals surface area contributed by atoms with Crippen molar-refractivity contribution in [3.8, 4) is 0 Å². The molecular weight excluding hydrogens is 484 g/mol. The van der Waals surface area contributed by atoms with Crippen LogP contribution in [0.3, 0.4) is 0 Å². The van der Waals surface area contributed by atoms with Crippen molar-refractivity contribution in [3.63, 3.8) is 0 Å². The lowest BCUT2D eigenvalue weighted by Gasteiger charge is -1.98. The van der Waals surface area contributed by atoms with Gasteiger partial charge in [-0.1, -0.05) is 40.2 Å². The standard InChI is InChI=1S/C9H5Br2N.C9H6BrN/c10-6-4-7-8(11)2-1-3-9(7)12-5-6;10-8-5-7-3-1-2-4-9(7)11-6-8/h1-5H;1-6H. The van der Waals surface area contributed by atoms with Crippen molar-refractivity contribution < 1.29 is 0 Å². The fourth-order valence-corrected chi connectivity index (χ4v) is 3.28. The highest BCUT2D eigenvalue weighted by Crippen LogP contribution is 2.24. The van der Waals surface area contributed by atoms with Crippen molar-refractivity contribution in [3.05, 3.63) is 80.4 Å². The third kappa shape index (κ3) is 4.16. The number of para-hydroxylation sites is 1. The summed E-state index contributed by atoms with van der Waals surface area (Å²) in [6, 6.07) is 18.1. The number of pyridine rings is 2. The maximum atomic E-state index is 4.26. The van der Waals surface area contributed by atoms with Crippen molar-refractivity contribution in [2.75, 3.05) is 0 Å². The first kappa shape index (κ1) is 16.6. The molecule has 0 aliphatic rings. The molecule has 0 unspecified atom stereocenters. The Morgan fingerprint density at radius 3 is 2.13 bits per heavy atom. The molecule has 0 bridgehead atoms. The molecule has 2 aromatic carbocycles. The number of aromatic nitrogens is 2. The van der Waals surface area contributed by atoms with Gasteiger partial charge in [-0.05, 0) is 62.2 Å². The van der Waals surface area contributed by atoms with Gasteiger partial charge in [0.05, 0.1) is 11.0 Å². The summed E-state index contributed by atoms with van der Waals surface area (Å²) in [5, 5.41) is 2.30. The van der Waals surface area contributed by atoms with Gasteiger partial charge in [0.2, 0.25) is 0 Å². The second-order valence-electron chi connectivity index (χ2n) is 4.81. The van der Waals surface area contributed by atoms with E-state index in [1.54, 1.807) is 6.20 Å². The van der Waals surface area contributed by atoms with E-state index in [-0.39, 0.29) is 0 Å². The molecule has 5 heteroatoms. The fraction of sp³-hybridized carbons (Fsp3) is 0. The maximum Gasteiger partial charge on any atom is 0.0714 e. The van der Waals surface area contributed by atoms with Crippen molar-refractivity contribution in [1.29, 1.82) is 0 Å². The van der Waals surface area contributed by atoms with Gasteiger partial charge in [0, 0.05) is 36.6 Å². The predicted molar refractivity (Wildman–Crippen MR) is 107 cm³/mol. The lowest BCUT2D eigenvalue weighted by molar-refractivity contribution is 1.39. The number of hydrogen-bond acceptors (Lipinski definition) is 2. The number of halogens is 3. The Morgan fingerprint density at radius 2 is 1.30 bits per heavy atom. The Balaban J connectivity index is 0.000000136. The van der Waals surface area contributed by atoms with Crippen LogP contribution in [0.15, 0.2) is 80.4 Å². The Labute approximate surface area is 159 Å². The largest absolute Gasteiger partial charge is 0.255 e. The van der Waals surface area contributed by atoms with Crippen LogP contribution in [0.5, 0.6) is 0 Å². The molecule has 0 atom stereocenters. The highest BCUT2D eigenvalue weighted by molar-refractivity contribution is 9.11. The summed E-state index contributed by atoms with van der Waals surface area (Å²) >= 11 is 10.2. The minimum Gasteiger partial charge on any atom is -0.255 e. The van der Waals surface area contributed by atoms with E-state index in [2.05, 4.69) is 63.8 Å². The van der Waals surface area contributed by atoms with E-state index in [1.165, 1.54) is 5.39 Å². The number of fused-ring (bicyclic) bond motifs is 2. The predicted octanol–water partition coefficient (Wildman–Crippen LogP) is 6.76. The van der Waals surface area contributed by atoms with Gasteiger partial charge in [-0.2, -0.15) is 0 Å². The van der Waals surface area contributed by atoms with E-state index in [0.29, 0.717) is 0 Å². The van der Waals surface area contributed by atoms with Crippen LogP contribution in [0, 0.1) is 0 Å². The van der Waals surface area contributed by atoms with Crippen molar-refractivity contribution in [2.24, 2.45) is 0 Å². The van der Waals surface area contributed by atoms with Gasteiger partial charge in [-0.25, -0.2) is 0 Å². The second-order valence-corrected chi connectivity index (χ2v) is 7.49. The molecule has 2 nitrogen and oxygen atoms in total. The van der Waals surface area contributed by atoms with E-state index < -0.39 is 0 Å². The van der Waals surface area contributed by atoms with E-state index >= 15 is 0 Å². The molecule has 2 aromatic heterocycles. The van der Waals surface area contributed by atoms with Gasteiger partial charge in [0.1, 0.15) is 0 Å². The van der Waals surface area contributed by atoms with Gasteiger partial charge < -0.3 is 0 Å². The SMILES string of the molecule is Brc1cnc2cccc(Br)c2c1.Brc1cnc2ccccc2c1. The minimum absolute atomic E-state index is 1.00.